The Balaban J connectivity index is 1.75. The predicted molar refractivity (Wildman–Crippen MR) is 128 cm³/mol. The first-order valence-electron chi connectivity index (χ1n) is 11.0. The van der Waals surface area contributed by atoms with E-state index >= 15 is 0 Å². The number of benzene rings is 2. The molecule has 0 radical (unpaired) electrons. The van der Waals surface area contributed by atoms with E-state index in [1.54, 1.807) is 38.1 Å². The van der Waals surface area contributed by atoms with Crippen LogP contribution in [0.15, 0.2) is 52.1 Å². The van der Waals surface area contributed by atoms with Crippen LogP contribution in [-0.4, -0.2) is 31.3 Å². The van der Waals surface area contributed by atoms with Crippen LogP contribution in [0.3, 0.4) is 0 Å². The Kier molecular flexibility index (Phi) is 6.66. The van der Waals surface area contributed by atoms with Crippen LogP contribution >= 0.6 is 11.6 Å². The molecule has 0 unspecified atom stereocenters. The van der Waals surface area contributed by atoms with E-state index in [2.05, 4.69) is 10.3 Å². The molecule has 0 atom stereocenters. The number of nitrogens with zero attached hydrogens (tertiary/aromatic N) is 3. The first kappa shape index (κ1) is 24.5. The van der Waals surface area contributed by atoms with Gasteiger partial charge < -0.3 is 15.2 Å². The summed E-state index contributed by atoms with van der Waals surface area (Å²) in [5.74, 6) is -1.73. The molecule has 1 heterocycles. The van der Waals surface area contributed by atoms with E-state index < -0.39 is 28.6 Å². The van der Waals surface area contributed by atoms with Gasteiger partial charge in [0.15, 0.2) is 11.6 Å². The van der Waals surface area contributed by atoms with Crippen LogP contribution in [0.4, 0.5) is 16.0 Å². The number of hydrogen-bond donors (Lipinski definition) is 2. The third kappa shape index (κ3) is 5.37. The molecule has 3 aromatic rings. The van der Waals surface area contributed by atoms with Crippen molar-refractivity contribution in [3.63, 3.8) is 0 Å². The van der Waals surface area contributed by atoms with Gasteiger partial charge >= 0.3 is 17.3 Å². The molecule has 184 valence electrons. The minimum atomic E-state index is -1.15. The van der Waals surface area contributed by atoms with Crippen molar-refractivity contribution >= 4 is 29.2 Å². The Morgan fingerprint density at radius 2 is 1.89 bits per heavy atom. The van der Waals surface area contributed by atoms with Crippen molar-refractivity contribution in [1.29, 1.82) is 0 Å². The summed E-state index contributed by atoms with van der Waals surface area (Å²) in [4.78, 5) is 41.8. The molecule has 1 aromatic heterocycles. The highest BCUT2D eigenvalue weighted by Crippen LogP contribution is 2.46. The van der Waals surface area contributed by atoms with Gasteiger partial charge in [0.2, 0.25) is 5.95 Å². The molecule has 1 fully saturated rings. The Bertz CT molecular complexity index is 1380. The first-order chi connectivity index (χ1) is 16.6. The van der Waals surface area contributed by atoms with Crippen LogP contribution < -0.4 is 21.4 Å². The zero-order chi connectivity index (χ0) is 25.3. The van der Waals surface area contributed by atoms with Gasteiger partial charge in [-0.15, -0.1) is 0 Å². The Morgan fingerprint density at radius 1 is 1.20 bits per heavy atom. The van der Waals surface area contributed by atoms with E-state index in [0.29, 0.717) is 23.4 Å². The molecule has 11 heteroatoms. The lowest BCUT2D eigenvalue weighted by atomic mass is 10.1. The highest BCUT2D eigenvalue weighted by atomic mass is 35.5. The average molecular weight is 503 g/mol. The molecule has 0 spiro atoms. The fourth-order valence-corrected chi connectivity index (χ4v) is 3.75. The van der Waals surface area contributed by atoms with Gasteiger partial charge in [-0.2, -0.15) is 4.98 Å². The Morgan fingerprint density at radius 3 is 2.46 bits per heavy atom. The van der Waals surface area contributed by atoms with E-state index in [1.165, 1.54) is 22.8 Å². The maximum absolute atomic E-state index is 14.5. The van der Waals surface area contributed by atoms with Crippen LogP contribution in [-0.2, 0) is 17.9 Å². The fraction of sp³-hybridized carbons (Fsp3) is 0.333. The van der Waals surface area contributed by atoms with E-state index in [4.69, 9.17) is 16.3 Å². The summed E-state index contributed by atoms with van der Waals surface area (Å²) in [5.41, 5.74) is -1.82. The second kappa shape index (κ2) is 9.53. The van der Waals surface area contributed by atoms with Gasteiger partial charge in [-0.1, -0.05) is 23.7 Å². The smallest absolute Gasteiger partial charge is 0.354 e. The molecule has 1 aliphatic carbocycles. The summed E-state index contributed by atoms with van der Waals surface area (Å²) in [6, 6.07) is 10.9. The van der Waals surface area contributed by atoms with Crippen molar-refractivity contribution in [1.82, 2.24) is 14.1 Å². The van der Waals surface area contributed by atoms with E-state index in [1.807, 2.05) is 0 Å². The van der Waals surface area contributed by atoms with Crippen molar-refractivity contribution in [2.45, 2.75) is 45.9 Å². The zero-order valence-electron chi connectivity index (χ0n) is 19.1. The molecule has 1 aliphatic rings. The lowest BCUT2D eigenvalue weighted by Crippen LogP contribution is -2.45. The number of halogens is 2. The molecule has 9 nitrogen and oxygen atoms in total. The molecule has 0 aliphatic heterocycles. The zero-order valence-corrected chi connectivity index (χ0v) is 19.9. The topological polar surface area (TPSA) is 115 Å². The third-order valence-electron chi connectivity index (χ3n) is 5.72. The highest BCUT2D eigenvalue weighted by molar-refractivity contribution is 6.30. The van der Waals surface area contributed by atoms with Gasteiger partial charge in [0.1, 0.15) is 0 Å². The number of rotatable bonds is 9. The maximum Gasteiger partial charge on any atom is 0.354 e. The molecule has 0 amide bonds. The molecular formula is C24H24ClFN4O5. The van der Waals surface area contributed by atoms with Crippen LogP contribution in [0.25, 0.3) is 0 Å². The summed E-state index contributed by atoms with van der Waals surface area (Å²) in [7, 11) is 0. The first-order valence-corrected chi connectivity index (χ1v) is 11.4. The van der Waals surface area contributed by atoms with Crippen LogP contribution in [0.1, 0.15) is 32.3 Å². The normalized spacial score (nSPS) is 14.1. The second-order valence-corrected chi connectivity index (χ2v) is 9.26. The van der Waals surface area contributed by atoms with Crippen LogP contribution in [0.5, 0.6) is 5.75 Å². The Hall–Kier alpha value is -3.66. The van der Waals surface area contributed by atoms with E-state index in [9.17, 15) is 23.9 Å². The number of carbonyl (C=O) groups is 1. The van der Waals surface area contributed by atoms with Crippen molar-refractivity contribution in [2.24, 2.45) is 5.41 Å². The minimum Gasteiger partial charge on any atom is -0.488 e. The van der Waals surface area contributed by atoms with Crippen molar-refractivity contribution < 1.29 is 19.0 Å². The predicted octanol–water partition coefficient (Wildman–Crippen LogP) is 3.64. The van der Waals surface area contributed by atoms with Crippen LogP contribution in [0, 0.1) is 11.2 Å². The van der Waals surface area contributed by atoms with Gasteiger partial charge in [-0.3, -0.25) is 9.36 Å². The molecule has 2 N–H and O–H groups in total. The van der Waals surface area contributed by atoms with Gasteiger partial charge in [0.05, 0.1) is 18.1 Å². The number of aliphatic carboxylic acids is 1. The summed E-state index contributed by atoms with van der Waals surface area (Å²) >= 11 is 5.96. The standard InChI is InChI=1S/C24H24ClFN4O5/c1-14(2)35-19-8-7-17(11-18(19)26)27-21-28-22(33)30(13-24(9-10-24)20(31)32)23(34)29(21)12-15-3-5-16(25)6-4-15/h3-8,11,14H,9-10,12-13H2,1-2H3,(H,31,32)(H,27,28,33). The quantitative estimate of drug-likeness (QED) is 0.459. The molecule has 4 rings (SSSR count). The molecule has 0 saturated heterocycles. The summed E-state index contributed by atoms with van der Waals surface area (Å²) in [6.45, 7) is 3.29. The number of anilines is 2. The van der Waals surface area contributed by atoms with Crippen molar-refractivity contribution in [3.05, 3.63) is 79.8 Å². The number of carboxylic acid groups (broad SMARTS) is 1. The largest absolute Gasteiger partial charge is 0.488 e. The molecule has 0 bridgehead atoms. The summed E-state index contributed by atoms with van der Waals surface area (Å²) < 4.78 is 21.9. The van der Waals surface area contributed by atoms with Gasteiger partial charge in [0, 0.05) is 23.3 Å². The number of ether oxygens (including phenoxy) is 1. The summed E-state index contributed by atoms with van der Waals surface area (Å²) in [6.07, 6.45) is 0.521. The number of nitrogens with one attached hydrogen (secondary N) is 1. The van der Waals surface area contributed by atoms with Gasteiger partial charge in [0.25, 0.3) is 0 Å². The monoisotopic (exact) mass is 502 g/mol. The van der Waals surface area contributed by atoms with Gasteiger partial charge in [-0.05, 0) is 56.5 Å². The summed E-state index contributed by atoms with van der Waals surface area (Å²) in [5, 5.41) is 12.9. The maximum atomic E-state index is 14.5. The molecule has 2 aromatic carbocycles. The fourth-order valence-electron chi connectivity index (χ4n) is 3.63. The Labute approximate surface area is 204 Å². The van der Waals surface area contributed by atoms with E-state index in [-0.39, 0.29) is 36.6 Å². The average Bonchev–Trinajstić information content (AvgIpc) is 3.58. The van der Waals surface area contributed by atoms with E-state index in [0.717, 1.165) is 4.57 Å². The van der Waals surface area contributed by atoms with Crippen LogP contribution in [0.2, 0.25) is 5.02 Å². The molecule has 35 heavy (non-hydrogen) atoms. The number of hydrogen-bond acceptors (Lipinski definition) is 6. The number of aromatic nitrogens is 3. The lowest BCUT2D eigenvalue weighted by Gasteiger charge is -2.18. The highest BCUT2D eigenvalue weighted by Gasteiger charge is 2.51. The van der Waals surface area contributed by atoms with Gasteiger partial charge in [-0.25, -0.2) is 18.5 Å². The van der Waals surface area contributed by atoms with Crippen molar-refractivity contribution in [3.8, 4) is 5.75 Å². The lowest BCUT2D eigenvalue weighted by molar-refractivity contribution is -0.144. The minimum absolute atomic E-state index is 0.0166. The second-order valence-electron chi connectivity index (χ2n) is 8.82. The third-order valence-corrected chi connectivity index (χ3v) is 5.97. The molecular weight excluding hydrogens is 479 g/mol. The molecule has 1 saturated carbocycles. The number of carboxylic acids is 1. The SMILES string of the molecule is CC(C)Oc1ccc(Nc2nc(=O)n(CC3(C(=O)O)CC3)c(=O)n2Cc2ccc(Cl)cc2)cc1F. The van der Waals surface area contributed by atoms with Crippen molar-refractivity contribution in [2.75, 3.05) is 5.32 Å².